The fourth-order valence-electron chi connectivity index (χ4n) is 2.99. The van der Waals surface area contributed by atoms with Gasteiger partial charge in [0.25, 0.3) is 11.6 Å². The normalized spacial score (nSPS) is 21.2. The maximum atomic E-state index is 13.0. The third kappa shape index (κ3) is 2.57. The van der Waals surface area contributed by atoms with Gasteiger partial charge < -0.3 is 15.0 Å². The summed E-state index contributed by atoms with van der Waals surface area (Å²) in [5.41, 5.74) is 1.99. The lowest BCUT2D eigenvalue weighted by molar-refractivity contribution is -0.384. The fraction of sp³-hybridized carbons (Fsp3) is 0.438. The summed E-state index contributed by atoms with van der Waals surface area (Å²) in [6.07, 6.45) is 0. The van der Waals surface area contributed by atoms with Crippen molar-refractivity contribution in [1.29, 1.82) is 0 Å². The van der Waals surface area contributed by atoms with Gasteiger partial charge in [0, 0.05) is 29.8 Å². The van der Waals surface area contributed by atoms with Gasteiger partial charge in [0.05, 0.1) is 35.1 Å². The van der Waals surface area contributed by atoms with Gasteiger partial charge in [-0.2, -0.15) is 0 Å². The molecule has 0 saturated carbocycles. The van der Waals surface area contributed by atoms with E-state index in [0.29, 0.717) is 42.3 Å². The number of ether oxygens (including phenoxy) is 1. The molecule has 1 aromatic carbocycles. The standard InChI is InChI=1S/C16H19N3O4/c1-16(2,3)18-13-5-4-10(19(21)22)8-11(13)14(15(18)20)12-9-23-7-6-17-12/h4-5,8,17H,6-7,9H2,1-3H3/b14-12-. The molecule has 1 N–H and O–H groups in total. The Hall–Kier alpha value is -2.41. The van der Waals surface area contributed by atoms with Crippen LogP contribution in [0.25, 0.3) is 5.57 Å². The summed E-state index contributed by atoms with van der Waals surface area (Å²) in [6, 6.07) is 4.55. The Balaban J connectivity index is 2.22. The topological polar surface area (TPSA) is 84.7 Å². The SMILES string of the molecule is CC(C)(C)N1C(=O)/C(=C2/COCCN2)c2cc([N+](=O)[O-])ccc21. The molecule has 2 heterocycles. The highest BCUT2D eigenvalue weighted by atomic mass is 16.6. The largest absolute Gasteiger partial charge is 0.383 e. The van der Waals surface area contributed by atoms with Gasteiger partial charge in [-0.05, 0) is 26.8 Å². The van der Waals surface area contributed by atoms with E-state index in [-0.39, 0.29) is 11.6 Å². The van der Waals surface area contributed by atoms with Gasteiger partial charge in [-0.1, -0.05) is 0 Å². The first-order chi connectivity index (χ1) is 10.8. The molecule has 0 aromatic heterocycles. The monoisotopic (exact) mass is 317 g/mol. The summed E-state index contributed by atoms with van der Waals surface area (Å²) >= 11 is 0. The van der Waals surface area contributed by atoms with Crippen LogP contribution in [0.2, 0.25) is 0 Å². The number of hydrogen-bond donors (Lipinski definition) is 1. The minimum Gasteiger partial charge on any atom is -0.383 e. The molecule has 1 amide bonds. The molecule has 7 nitrogen and oxygen atoms in total. The van der Waals surface area contributed by atoms with E-state index in [0.717, 1.165) is 0 Å². The predicted molar refractivity (Wildman–Crippen MR) is 86.1 cm³/mol. The maximum Gasteiger partial charge on any atom is 0.270 e. The number of hydrogen-bond acceptors (Lipinski definition) is 5. The first-order valence-corrected chi connectivity index (χ1v) is 7.49. The zero-order chi connectivity index (χ0) is 16.8. The highest BCUT2D eigenvalue weighted by Crippen LogP contribution is 2.43. The average molecular weight is 317 g/mol. The van der Waals surface area contributed by atoms with Crippen molar-refractivity contribution in [3.05, 3.63) is 39.6 Å². The van der Waals surface area contributed by atoms with Crippen molar-refractivity contribution in [3.8, 4) is 0 Å². The molecule has 0 radical (unpaired) electrons. The minimum atomic E-state index is -0.447. The number of nitrogens with zero attached hydrogens (tertiary/aromatic N) is 2. The van der Waals surface area contributed by atoms with Crippen LogP contribution in [0.4, 0.5) is 11.4 Å². The lowest BCUT2D eigenvalue weighted by Gasteiger charge is -2.32. The van der Waals surface area contributed by atoms with Crippen molar-refractivity contribution in [2.75, 3.05) is 24.7 Å². The Morgan fingerprint density at radius 2 is 2.09 bits per heavy atom. The molecule has 122 valence electrons. The van der Waals surface area contributed by atoms with Gasteiger partial charge in [0.2, 0.25) is 0 Å². The number of nitro benzene ring substituents is 1. The smallest absolute Gasteiger partial charge is 0.270 e. The van der Waals surface area contributed by atoms with E-state index < -0.39 is 10.5 Å². The molecule has 2 aliphatic rings. The summed E-state index contributed by atoms with van der Waals surface area (Å²) in [5, 5.41) is 14.3. The molecular formula is C16H19N3O4. The van der Waals surface area contributed by atoms with Crippen LogP contribution in [0.3, 0.4) is 0 Å². The Kier molecular flexibility index (Phi) is 3.60. The van der Waals surface area contributed by atoms with Gasteiger partial charge >= 0.3 is 0 Å². The molecule has 0 spiro atoms. The number of morpholine rings is 1. The highest BCUT2D eigenvalue weighted by molar-refractivity contribution is 6.33. The van der Waals surface area contributed by atoms with Crippen LogP contribution in [-0.4, -0.2) is 36.1 Å². The summed E-state index contributed by atoms with van der Waals surface area (Å²) in [6.45, 7) is 7.32. The first-order valence-electron chi connectivity index (χ1n) is 7.49. The number of anilines is 1. The Bertz CT molecular complexity index is 711. The van der Waals surface area contributed by atoms with E-state index in [1.165, 1.54) is 12.1 Å². The second kappa shape index (κ2) is 5.34. The van der Waals surface area contributed by atoms with E-state index in [2.05, 4.69) is 5.32 Å². The van der Waals surface area contributed by atoms with E-state index >= 15 is 0 Å². The molecule has 3 rings (SSSR count). The lowest BCUT2D eigenvalue weighted by Crippen LogP contribution is -2.44. The first kappa shape index (κ1) is 15.5. The second-order valence-electron chi connectivity index (χ2n) is 6.60. The summed E-state index contributed by atoms with van der Waals surface area (Å²) in [4.78, 5) is 25.3. The van der Waals surface area contributed by atoms with Gasteiger partial charge in [0.15, 0.2) is 0 Å². The quantitative estimate of drug-likeness (QED) is 0.487. The Morgan fingerprint density at radius 1 is 1.35 bits per heavy atom. The Labute approximate surface area is 134 Å². The number of nitrogens with one attached hydrogen (secondary N) is 1. The number of fused-ring (bicyclic) bond motifs is 1. The van der Waals surface area contributed by atoms with Crippen molar-refractivity contribution in [1.82, 2.24) is 5.32 Å². The van der Waals surface area contributed by atoms with Crippen LogP contribution >= 0.6 is 0 Å². The van der Waals surface area contributed by atoms with Crippen molar-refractivity contribution in [3.63, 3.8) is 0 Å². The second-order valence-corrected chi connectivity index (χ2v) is 6.60. The van der Waals surface area contributed by atoms with E-state index in [4.69, 9.17) is 4.74 Å². The zero-order valence-corrected chi connectivity index (χ0v) is 13.4. The summed E-state index contributed by atoms with van der Waals surface area (Å²) in [7, 11) is 0. The number of carbonyl (C=O) groups excluding carboxylic acids is 1. The highest BCUT2D eigenvalue weighted by Gasteiger charge is 2.41. The van der Waals surface area contributed by atoms with Gasteiger partial charge in [-0.15, -0.1) is 0 Å². The molecule has 0 atom stereocenters. The van der Waals surface area contributed by atoms with Crippen LogP contribution < -0.4 is 10.2 Å². The molecular weight excluding hydrogens is 298 g/mol. The molecule has 0 unspecified atom stereocenters. The minimum absolute atomic E-state index is 0.0258. The third-order valence-electron chi connectivity index (χ3n) is 3.92. The molecule has 1 fully saturated rings. The van der Waals surface area contributed by atoms with Crippen LogP contribution in [0.1, 0.15) is 26.3 Å². The number of amides is 1. The third-order valence-corrected chi connectivity index (χ3v) is 3.92. The van der Waals surface area contributed by atoms with Gasteiger partial charge in [0.1, 0.15) is 0 Å². The molecule has 7 heteroatoms. The average Bonchev–Trinajstić information content (AvgIpc) is 2.78. The lowest BCUT2D eigenvalue weighted by atomic mass is 10.0. The van der Waals surface area contributed by atoms with Crippen molar-refractivity contribution >= 4 is 22.9 Å². The van der Waals surface area contributed by atoms with Crippen molar-refractivity contribution < 1.29 is 14.5 Å². The van der Waals surface area contributed by atoms with Crippen molar-refractivity contribution in [2.24, 2.45) is 0 Å². The van der Waals surface area contributed by atoms with Crippen molar-refractivity contribution in [2.45, 2.75) is 26.3 Å². The molecule has 1 aromatic rings. The van der Waals surface area contributed by atoms with Gasteiger partial charge in [-0.25, -0.2) is 0 Å². The fourth-order valence-corrected chi connectivity index (χ4v) is 2.99. The number of carbonyl (C=O) groups is 1. The van der Waals surface area contributed by atoms with E-state index in [9.17, 15) is 14.9 Å². The maximum absolute atomic E-state index is 13.0. The molecule has 23 heavy (non-hydrogen) atoms. The molecule has 0 aliphatic carbocycles. The molecule has 1 saturated heterocycles. The van der Waals surface area contributed by atoms with E-state index in [1.807, 2.05) is 20.8 Å². The van der Waals surface area contributed by atoms with Crippen LogP contribution in [0.15, 0.2) is 23.9 Å². The summed E-state index contributed by atoms with van der Waals surface area (Å²) < 4.78 is 5.43. The Morgan fingerprint density at radius 3 is 2.65 bits per heavy atom. The van der Waals surface area contributed by atoms with Crippen LogP contribution in [0.5, 0.6) is 0 Å². The number of non-ortho nitro benzene ring substituents is 1. The molecule has 0 bridgehead atoms. The number of rotatable bonds is 1. The molecule has 2 aliphatic heterocycles. The number of nitro groups is 1. The van der Waals surface area contributed by atoms with Gasteiger partial charge in [-0.3, -0.25) is 14.9 Å². The zero-order valence-electron chi connectivity index (χ0n) is 13.4. The van der Waals surface area contributed by atoms with Crippen LogP contribution in [0, 0.1) is 10.1 Å². The van der Waals surface area contributed by atoms with Crippen LogP contribution in [-0.2, 0) is 9.53 Å². The van der Waals surface area contributed by atoms with E-state index in [1.54, 1.807) is 11.0 Å². The predicted octanol–water partition coefficient (Wildman–Crippen LogP) is 2.07. The number of benzene rings is 1. The summed E-state index contributed by atoms with van der Waals surface area (Å²) in [5.74, 6) is -0.152.